The van der Waals surface area contributed by atoms with Gasteiger partial charge in [0.1, 0.15) is 0 Å². The first-order valence-electron chi connectivity index (χ1n) is 9.02. The average molecular weight is 418 g/mol. The van der Waals surface area contributed by atoms with Crippen LogP contribution in [-0.2, 0) is 21.4 Å². The molecule has 0 heterocycles. The maximum atomic E-state index is 12.7. The average Bonchev–Trinajstić information content (AvgIpc) is 3.42. The second-order valence-corrected chi connectivity index (χ2v) is 8.97. The lowest BCUT2D eigenvalue weighted by Crippen LogP contribution is -2.39. The Labute approximate surface area is 163 Å². The summed E-state index contributed by atoms with van der Waals surface area (Å²) in [6.07, 6.45) is 3.98. The number of nitrogens with zero attached hydrogens (tertiary/aromatic N) is 1. The monoisotopic (exact) mass is 418 g/mol. The zero-order chi connectivity index (χ0) is 21.1. The van der Waals surface area contributed by atoms with Gasteiger partial charge in [-0.15, -0.1) is 0 Å². The van der Waals surface area contributed by atoms with Gasteiger partial charge in [-0.1, -0.05) is 29.8 Å². The van der Waals surface area contributed by atoms with Crippen molar-refractivity contribution in [3.8, 4) is 0 Å². The van der Waals surface area contributed by atoms with Crippen LogP contribution in [0.4, 0.5) is 18.9 Å². The smallest absolute Gasteiger partial charge is 0.335 e. The maximum Gasteiger partial charge on any atom is 0.516 e. The number of amides is 1. The molecule has 28 heavy (non-hydrogen) atoms. The predicted molar refractivity (Wildman–Crippen MR) is 102 cm³/mol. The first-order valence-corrected chi connectivity index (χ1v) is 10.5. The van der Waals surface area contributed by atoms with E-state index in [1.54, 1.807) is 21.8 Å². The molecule has 0 saturated heterocycles. The van der Waals surface area contributed by atoms with E-state index >= 15 is 0 Å². The quantitative estimate of drug-likeness (QED) is 0.635. The molecule has 0 unspecified atom stereocenters. The molecular formula is C19H25F3N2O3S. The van der Waals surface area contributed by atoms with E-state index in [0.717, 1.165) is 18.4 Å². The number of sulfonamides is 1. The zero-order valence-corrected chi connectivity index (χ0v) is 16.9. The van der Waals surface area contributed by atoms with Gasteiger partial charge >= 0.3 is 15.5 Å². The van der Waals surface area contributed by atoms with E-state index in [1.807, 2.05) is 20.8 Å². The van der Waals surface area contributed by atoms with Crippen molar-refractivity contribution in [3.05, 3.63) is 41.5 Å². The highest BCUT2D eigenvalue weighted by Crippen LogP contribution is 2.36. The molecule has 1 aromatic carbocycles. The highest BCUT2D eigenvalue weighted by atomic mass is 32.2. The van der Waals surface area contributed by atoms with E-state index in [9.17, 15) is 26.4 Å². The van der Waals surface area contributed by atoms with Gasteiger partial charge in [0, 0.05) is 19.0 Å². The van der Waals surface area contributed by atoms with E-state index in [-0.39, 0.29) is 30.6 Å². The number of nitrogens with one attached hydrogen (secondary N) is 1. The molecule has 0 spiro atoms. The van der Waals surface area contributed by atoms with Gasteiger partial charge in [0.25, 0.3) is 0 Å². The number of carbonyl (C=O) groups excluding carboxylic acids is 1. The molecule has 0 aliphatic heterocycles. The molecule has 9 heteroatoms. The Bertz CT molecular complexity index is 842. The van der Waals surface area contributed by atoms with E-state index in [0.29, 0.717) is 11.5 Å². The molecule has 0 aromatic heterocycles. The topological polar surface area (TPSA) is 66.5 Å². The Morgan fingerprint density at radius 2 is 1.89 bits per heavy atom. The molecule has 2 rings (SSSR count). The largest absolute Gasteiger partial charge is 0.516 e. The third-order valence-electron chi connectivity index (χ3n) is 4.71. The minimum Gasteiger partial charge on any atom is -0.335 e. The molecule has 1 atom stereocenters. The van der Waals surface area contributed by atoms with Crippen LogP contribution in [0.2, 0.25) is 0 Å². The Balaban J connectivity index is 2.29. The molecule has 1 aliphatic carbocycles. The fourth-order valence-electron chi connectivity index (χ4n) is 2.84. The highest BCUT2D eigenvalue weighted by molar-refractivity contribution is 7.93. The van der Waals surface area contributed by atoms with Crippen molar-refractivity contribution in [2.24, 2.45) is 5.92 Å². The summed E-state index contributed by atoms with van der Waals surface area (Å²) in [5.74, 6) is 0.212. The lowest BCUT2D eigenvalue weighted by atomic mass is 10.1. The summed E-state index contributed by atoms with van der Waals surface area (Å²) in [5, 5.41) is 0. The minimum atomic E-state index is -5.54. The van der Waals surface area contributed by atoms with Crippen molar-refractivity contribution in [2.75, 3.05) is 4.72 Å². The fraction of sp³-hybridized carbons (Fsp3) is 0.526. The summed E-state index contributed by atoms with van der Waals surface area (Å²) in [6.45, 7) is 5.70. The molecule has 0 radical (unpaired) electrons. The van der Waals surface area contributed by atoms with E-state index in [2.05, 4.69) is 0 Å². The highest BCUT2D eigenvalue weighted by Gasteiger charge is 2.46. The summed E-state index contributed by atoms with van der Waals surface area (Å²) in [4.78, 5) is 14.4. The van der Waals surface area contributed by atoms with Crippen molar-refractivity contribution in [2.45, 2.75) is 58.1 Å². The first kappa shape index (κ1) is 22.3. The summed E-state index contributed by atoms with van der Waals surface area (Å²) < 4.78 is 62.8. The fourth-order valence-corrected chi connectivity index (χ4v) is 3.45. The molecule has 1 fully saturated rings. The van der Waals surface area contributed by atoms with Crippen LogP contribution in [0, 0.1) is 5.92 Å². The van der Waals surface area contributed by atoms with Crippen molar-refractivity contribution < 1.29 is 26.4 Å². The van der Waals surface area contributed by atoms with Crippen LogP contribution in [0.1, 0.15) is 45.6 Å². The number of allylic oxidation sites excluding steroid dienone is 1. The van der Waals surface area contributed by atoms with E-state index in [1.165, 1.54) is 18.2 Å². The van der Waals surface area contributed by atoms with Crippen molar-refractivity contribution in [1.29, 1.82) is 0 Å². The Morgan fingerprint density at radius 3 is 2.43 bits per heavy atom. The number of alkyl halides is 3. The third-order valence-corrected chi connectivity index (χ3v) is 5.81. The molecule has 156 valence electrons. The van der Waals surface area contributed by atoms with Gasteiger partial charge in [-0.25, -0.2) is 0 Å². The number of para-hydroxylation sites is 1. The van der Waals surface area contributed by atoms with Crippen LogP contribution in [-0.4, -0.2) is 30.8 Å². The summed E-state index contributed by atoms with van der Waals surface area (Å²) in [5.41, 5.74) is -4.29. The number of anilines is 1. The van der Waals surface area contributed by atoms with Crippen LogP contribution in [0.3, 0.4) is 0 Å². The molecule has 1 N–H and O–H groups in total. The molecule has 0 bridgehead atoms. The van der Waals surface area contributed by atoms with E-state index < -0.39 is 15.5 Å². The van der Waals surface area contributed by atoms with Gasteiger partial charge in [0.2, 0.25) is 5.91 Å². The molecular weight excluding hydrogens is 393 g/mol. The van der Waals surface area contributed by atoms with Crippen LogP contribution in [0.25, 0.3) is 0 Å². The predicted octanol–water partition coefficient (Wildman–Crippen LogP) is 4.43. The number of hydrogen-bond acceptors (Lipinski definition) is 3. The summed E-state index contributed by atoms with van der Waals surface area (Å²) in [6, 6.07) is 5.75. The number of benzene rings is 1. The Kier molecular flexibility index (Phi) is 6.80. The van der Waals surface area contributed by atoms with Crippen LogP contribution < -0.4 is 4.72 Å². The normalized spacial score (nSPS) is 15.6. The van der Waals surface area contributed by atoms with Gasteiger partial charge in [-0.2, -0.15) is 21.6 Å². The molecule has 1 amide bonds. The van der Waals surface area contributed by atoms with Crippen molar-refractivity contribution >= 4 is 21.6 Å². The zero-order valence-electron chi connectivity index (χ0n) is 16.1. The lowest BCUT2D eigenvalue weighted by Gasteiger charge is -2.30. The minimum absolute atomic E-state index is 0.0314. The molecule has 1 aliphatic rings. The second kappa shape index (κ2) is 8.55. The standard InChI is InChI=1S/C19H25F3N2O3S/c1-13(2)8-11-18(25)24(14(3)15-9-10-15)12-16-6-4-5-7-17(16)23-28(26,27)19(20,21)22/h4-8,14-15,23H,9-12H2,1-3H3/t14-/m1/s1. The van der Waals surface area contributed by atoms with Gasteiger partial charge in [0.05, 0.1) is 5.69 Å². The van der Waals surface area contributed by atoms with Crippen LogP contribution >= 0.6 is 0 Å². The lowest BCUT2D eigenvalue weighted by molar-refractivity contribution is -0.133. The SMILES string of the molecule is CC(C)=CCC(=O)N(Cc1ccccc1NS(=O)(=O)C(F)(F)F)[C@H](C)C1CC1. The van der Waals surface area contributed by atoms with Crippen molar-refractivity contribution in [3.63, 3.8) is 0 Å². The Morgan fingerprint density at radius 1 is 1.29 bits per heavy atom. The molecule has 1 aromatic rings. The maximum absolute atomic E-state index is 12.7. The molecule has 5 nitrogen and oxygen atoms in total. The van der Waals surface area contributed by atoms with Gasteiger partial charge < -0.3 is 4.90 Å². The number of carbonyl (C=O) groups is 1. The van der Waals surface area contributed by atoms with Crippen LogP contribution in [0.15, 0.2) is 35.9 Å². The van der Waals surface area contributed by atoms with Crippen LogP contribution in [0.5, 0.6) is 0 Å². The van der Waals surface area contributed by atoms with Gasteiger partial charge in [-0.3, -0.25) is 9.52 Å². The van der Waals surface area contributed by atoms with Gasteiger partial charge in [-0.05, 0) is 51.2 Å². The number of halogens is 3. The molecule has 1 saturated carbocycles. The van der Waals surface area contributed by atoms with E-state index in [4.69, 9.17) is 0 Å². The van der Waals surface area contributed by atoms with Crippen molar-refractivity contribution in [1.82, 2.24) is 4.90 Å². The summed E-state index contributed by atoms with van der Waals surface area (Å²) >= 11 is 0. The first-order chi connectivity index (χ1) is 12.9. The second-order valence-electron chi connectivity index (χ2n) is 7.29. The number of rotatable bonds is 8. The Hall–Kier alpha value is -2.03. The summed E-state index contributed by atoms with van der Waals surface area (Å²) in [7, 11) is -5.54. The number of hydrogen-bond donors (Lipinski definition) is 1. The third kappa shape index (κ3) is 5.73. The van der Waals surface area contributed by atoms with Gasteiger partial charge in [0.15, 0.2) is 0 Å².